The van der Waals surface area contributed by atoms with Crippen molar-refractivity contribution in [3.8, 4) is 0 Å². The molecule has 0 aliphatic rings. The molecule has 0 spiro atoms. The van der Waals surface area contributed by atoms with Gasteiger partial charge < -0.3 is 11.1 Å². The predicted molar refractivity (Wildman–Crippen MR) is 28.6 cm³/mol. The third-order valence-corrected chi connectivity index (χ3v) is 0.690. The van der Waals surface area contributed by atoms with E-state index in [1.54, 1.807) is 9.47 Å². The first-order valence-corrected chi connectivity index (χ1v) is 2.24. The van der Waals surface area contributed by atoms with Crippen LogP contribution in [-0.2, 0) is 9.32 Å². The summed E-state index contributed by atoms with van der Waals surface area (Å²) in [5.41, 5.74) is 0. The van der Waals surface area contributed by atoms with Crippen molar-refractivity contribution in [2.75, 3.05) is 0 Å². The first kappa shape index (κ1) is 11.6. The van der Waals surface area contributed by atoms with Crippen LogP contribution in [0, 0.1) is 0 Å². The van der Waals surface area contributed by atoms with E-state index in [0.29, 0.717) is 0 Å². The minimum atomic E-state index is -1.02. The maximum Gasteiger partial charge on any atom is 1.00 e. The van der Waals surface area contributed by atoms with Gasteiger partial charge in [-0.05, 0) is 6.92 Å². The molecule has 0 aliphatic heterocycles. The number of hydrogen-bond donors (Lipinski definition) is 1. The average Bonchev–Trinajstić information content (AvgIpc) is 1.65. The Balaban J connectivity index is -0.000000180. The third-order valence-electron chi connectivity index (χ3n) is 0.457. The summed E-state index contributed by atoms with van der Waals surface area (Å²) in [6.45, 7) is 1.34. The molecule has 8 heavy (non-hydrogen) atoms. The van der Waals surface area contributed by atoms with E-state index >= 15 is 0 Å². The van der Waals surface area contributed by atoms with Crippen molar-refractivity contribution in [2.24, 2.45) is 0 Å². The second-order valence-electron chi connectivity index (χ2n) is 1.11. The molecule has 3 nitrogen and oxygen atoms in total. The van der Waals surface area contributed by atoms with Crippen LogP contribution in [-0.4, -0.2) is 17.2 Å². The first-order chi connectivity index (χ1) is 3.18. The van der Waals surface area contributed by atoms with Crippen molar-refractivity contribution in [3.63, 3.8) is 0 Å². The van der Waals surface area contributed by atoms with Gasteiger partial charge in [0.1, 0.15) is 6.10 Å². The van der Waals surface area contributed by atoms with Crippen molar-refractivity contribution in [1.82, 2.24) is 0 Å². The Morgan fingerprint density at radius 2 is 2.38 bits per heavy atom. The van der Waals surface area contributed by atoms with E-state index in [0.717, 1.165) is 0 Å². The van der Waals surface area contributed by atoms with Gasteiger partial charge in [-0.25, -0.2) is 4.79 Å². The van der Waals surface area contributed by atoms with Crippen LogP contribution in [0.15, 0.2) is 0 Å². The molecule has 0 rings (SSSR count). The van der Waals surface area contributed by atoms with Crippen molar-refractivity contribution < 1.29 is 45.4 Å². The van der Waals surface area contributed by atoms with Crippen LogP contribution in [0.2, 0.25) is 0 Å². The molecule has 2 atom stereocenters. The Bertz CT molecular complexity index is 79.5. The smallest absolute Gasteiger partial charge is 1.00 e. The summed E-state index contributed by atoms with van der Waals surface area (Å²) in [6, 6.07) is 0. The Labute approximate surface area is 73.9 Å². The number of aliphatic hydroxyl groups is 1. The molecule has 0 saturated heterocycles. The monoisotopic (exact) mass is 146 g/mol. The zero-order valence-corrected chi connectivity index (χ0v) is 8.07. The summed E-state index contributed by atoms with van der Waals surface area (Å²) in [5, 5.41) is 8.33. The van der Waals surface area contributed by atoms with Gasteiger partial charge in [0.2, 0.25) is 0 Å². The van der Waals surface area contributed by atoms with E-state index < -0.39 is 12.1 Å². The molecule has 0 aromatic carbocycles. The molecule has 0 aliphatic carbocycles. The average molecular weight is 146 g/mol. The van der Waals surface area contributed by atoms with E-state index in [2.05, 4.69) is 4.52 Å². The van der Waals surface area contributed by atoms with Gasteiger partial charge in [-0.3, -0.25) is 0 Å². The molecular weight excluding hydrogens is 138 g/mol. The molecule has 0 heterocycles. The van der Waals surface area contributed by atoms with Crippen LogP contribution in [0.25, 0.3) is 0 Å². The van der Waals surface area contributed by atoms with Crippen LogP contribution in [0.5, 0.6) is 0 Å². The van der Waals surface area contributed by atoms with Crippen molar-refractivity contribution >= 4 is 15.4 Å². The second kappa shape index (κ2) is 5.99. The molecule has 0 saturated carbocycles. The molecule has 0 aromatic rings. The molecule has 0 aromatic heterocycles. The predicted octanol–water partition coefficient (Wildman–Crippen LogP) is -3.18. The van der Waals surface area contributed by atoms with Crippen molar-refractivity contribution in [1.29, 1.82) is 0 Å². The summed E-state index contributed by atoms with van der Waals surface area (Å²) in [4.78, 5) is 10.0. The number of rotatable bonds is 1. The van der Waals surface area contributed by atoms with E-state index in [1.807, 2.05) is 0 Å². The van der Waals surface area contributed by atoms with Gasteiger partial charge >= 0.3 is 35.5 Å². The second-order valence-corrected chi connectivity index (χ2v) is 1.35. The van der Waals surface area contributed by atoms with Crippen LogP contribution in [0.3, 0.4) is 0 Å². The van der Waals surface area contributed by atoms with Gasteiger partial charge in [0, 0.05) is 0 Å². The number of carbonyl (C=O) groups excluding carboxylic acids is 1. The fourth-order valence-electron chi connectivity index (χ4n) is 0.0985. The standard InChI is InChI=1S/C3H7O3P.Na.H/c1-2(4)3(5)6-7;;/h2,4H,7H2,1H3;;/q;+1;-1. The molecule has 5 heteroatoms. The molecule has 0 bridgehead atoms. The molecule has 0 amide bonds. The Hall–Kier alpha value is 0.860. The summed E-state index contributed by atoms with van der Waals surface area (Å²) in [7, 11) is 1.75. The fraction of sp³-hybridized carbons (Fsp3) is 0.667. The molecular formula is C3H8NaO3P. The van der Waals surface area contributed by atoms with Gasteiger partial charge in [0.15, 0.2) is 0 Å². The molecule has 0 fully saturated rings. The van der Waals surface area contributed by atoms with E-state index in [9.17, 15) is 4.79 Å². The quantitative estimate of drug-likeness (QED) is 0.313. The number of aliphatic hydroxyl groups excluding tert-OH is 1. The SMILES string of the molecule is CC(O)C(=O)OP.[H-].[Na+]. The molecule has 0 radical (unpaired) electrons. The zero-order chi connectivity index (χ0) is 5.86. The first-order valence-electron chi connectivity index (χ1n) is 1.77. The summed E-state index contributed by atoms with van der Waals surface area (Å²) in [6.07, 6.45) is -1.02. The van der Waals surface area contributed by atoms with Crippen molar-refractivity contribution in [3.05, 3.63) is 0 Å². The zero-order valence-electron chi connectivity index (χ0n) is 5.92. The molecule has 1 N–H and O–H groups in total. The minimum Gasteiger partial charge on any atom is -1.00 e. The van der Waals surface area contributed by atoms with Gasteiger partial charge in [-0.2, -0.15) is 0 Å². The summed E-state index contributed by atoms with van der Waals surface area (Å²) < 4.78 is 4.04. The number of hydrogen-bond acceptors (Lipinski definition) is 3. The van der Waals surface area contributed by atoms with Gasteiger partial charge in [-0.1, -0.05) is 0 Å². The summed E-state index contributed by atoms with van der Waals surface area (Å²) >= 11 is 0. The van der Waals surface area contributed by atoms with E-state index in [1.165, 1.54) is 6.92 Å². The minimum absolute atomic E-state index is 0. The maximum absolute atomic E-state index is 10.0. The molecule has 44 valence electrons. The topological polar surface area (TPSA) is 46.5 Å². The van der Waals surface area contributed by atoms with Crippen LogP contribution < -0.4 is 29.6 Å². The third kappa shape index (κ3) is 5.01. The Morgan fingerprint density at radius 1 is 2.00 bits per heavy atom. The molecule has 2 unspecified atom stereocenters. The van der Waals surface area contributed by atoms with Gasteiger partial charge in [0.05, 0.1) is 9.47 Å². The van der Waals surface area contributed by atoms with E-state index in [4.69, 9.17) is 5.11 Å². The van der Waals surface area contributed by atoms with Crippen LogP contribution >= 0.6 is 9.47 Å². The van der Waals surface area contributed by atoms with Gasteiger partial charge in [-0.15, -0.1) is 0 Å². The van der Waals surface area contributed by atoms with E-state index in [-0.39, 0.29) is 31.0 Å². The maximum atomic E-state index is 10.0. The van der Waals surface area contributed by atoms with Crippen LogP contribution in [0.1, 0.15) is 8.35 Å². The largest absolute Gasteiger partial charge is 1.00 e. The number of carbonyl (C=O) groups is 1. The summed E-state index contributed by atoms with van der Waals surface area (Å²) in [5.74, 6) is -0.634. The Morgan fingerprint density at radius 3 is 2.38 bits per heavy atom. The van der Waals surface area contributed by atoms with Gasteiger partial charge in [0.25, 0.3) is 0 Å². The van der Waals surface area contributed by atoms with Crippen LogP contribution in [0.4, 0.5) is 0 Å². The van der Waals surface area contributed by atoms with Crippen molar-refractivity contribution in [2.45, 2.75) is 13.0 Å². The Kier molecular flexibility index (Phi) is 8.70. The normalized spacial score (nSPS) is 11.4. The fourth-order valence-corrected chi connectivity index (χ4v) is 0.295.